The molecule has 2 N–H and O–H groups in total. The molecule has 0 atom stereocenters. The smallest absolute Gasteiger partial charge is 0.280 e. The Balaban J connectivity index is 2.63. The third kappa shape index (κ3) is 1.22. The Kier molecular flexibility index (Phi) is 1.65. The topological polar surface area (TPSA) is 43.8 Å². The number of pyridine rings is 1. The van der Waals surface area contributed by atoms with E-state index in [1.165, 1.54) is 16.8 Å². The SMILES string of the molecule is Nn1ccc2nc(C(F)F)ccc21. The van der Waals surface area contributed by atoms with Crippen molar-refractivity contribution in [2.24, 2.45) is 0 Å². The first kappa shape index (κ1) is 7.97. The second-order valence-corrected chi connectivity index (χ2v) is 2.66. The second kappa shape index (κ2) is 2.69. The normalized spacial score (nSPS) is 11.3. The van der Waals surface area contributed by atoms with E-state index in [4.69, 9.17) is 5.84 Å². The molecule has 0 radical (unpaired) electrons. The minimum absolute atomic E-state index is 0.223. The number of nitrogens with zero attached hydrogens (tertiary/aromatic N) is 2. The molecule has 0 unspecified atom stereocenters. The van der Waals surface area contributed by atoms with Crippen molar-refractivity contribution in [2.75, 3.05) is 5.84 Å². The maximum absolute atomic E-state index is 12.2. The molecule has 2 aromatic heterocycles. The lowest BCUT2D eigenvalue weighted by molar-refractivity contribution is 0.146. The van der Waals surface area contributed by atoms with Gasteiger partial charge in [-0.25, -0.2) is 13.8 Å². The Labute approximate surface area is 72.8 Å². The van der Waals surface area contributed by atoms with Crippen LogP contribution in [0, 0.1) is 0 Å². The zero-order valence-electron chi connectivity index (χ0n) is 6.61. The number of hydrogen-bond acceptors (Lipinski definition) is 2. The summed E-state index contributed by atoms with van der Waals surface area (Å²) < 4.78 is 25.7. The van der Waals surface area contributed by atoms with E-state index in [-0.39, 0.29) is 5.69 Å². The number of aromatic nitrogens is 2. The zero-order valence-corrected chi connectivity index (χ0v) is 6.61. The molecule has 0 aliphatic heterocycles. The van der Waals surface area contributed by atoms with Crippen LogP contribution in [0.1, 0.15) is 12.1 Å². The average molecular weight is 183 g/mol. The van der Waals surface area contributed by atoms with Crippen molar-refractivity contribution in [1.82, 2.24) is 9.66 Å². The van der Waals surface area contributed by atoms with Crippen molar-refractivity contribution < 1.29 is 8.78 Å². The van der Waals surface area contributed by atoms with Crippen LogP contribution in [-0.4, -0.2) is 9.66 Å². The fourth-order valence-corrected chi connectivity index (χ4v) is 1.18. The lowest BCUT2D eigenvalue weighted by Gasteiger charge is -1.99. The molecule has 2 rings (SSSR count). The molecule has 0 saturated heterocycles. The maximum atomic E-state index is 12.2. The van der Waals surface area contributed by atoms with Gasteiger partial charge in [-0.1, -0.05) is 0 Å². The Hall–Kier alpha value is -1.65. The van der Waals surface area contributed by atoms with Gasteiger partial charge in [-0.05, 0) is 18.2 Å². The van der Waals surface area contributed by atoms with Gasteiger partial charge in [0.25, 0.3) is 6.43 Å². The first-order valence-corrected chi connectivity index (χ1v) is 3.70. The number of nitrogens with two attached hydrogens (primary N) is 1. The van der Waals surface area contributed by atoms with Crippen LogP contribution >= 0.6 is 0 Å². The molecule has 0 fully saturated rings. The molecule has 0 aliphatic rings. The predicted octanol–water partition coefficient (Wildman–Crippen LogP) is 1.69. The van der Waals surface area contributed by atoms with Gasteiger partial charge in [0, 0.05) is 6.20 Å². The van der Waals surface area contributed by atoms with Gasteiger partial charge in [0.05, 0.1) is 11.0 Å². The van der Waals surface area contributed by atoms with E-state index in [2.05, 4.69) is 4.98 Å². The summed E-state index contributed by atoms with van der Waals surface area (Å²) in [4.78, 5) is 3.74. The van der Waals surface area contributed by atoms with Crippen LogP contribution in [0.4, 0.5) is 8.78 Å². The highest BCUT2D eigenvalue weighted by atomic mass is 19.3. The standard InChI is InChI=1S/C8H7F2N3/c9-8(10)6-1-2-7-5(12-6)3-4-13(7)11/h1-4,8H,11H2. The Morgan fingerprint density at radius 3 is 2.77 bits per heavy atom. The van der Waals surface area contributed by atoms with E-state index in [1.54, 1.807) is 12.3 Å². The summed E-state index contributed by atoms with van der Waals surface area (Å²) in [6.07, 6.45) is -0.960. The van der Waals surface area contributed by atoms with Crippen LogP contribution in [0.3, 0.4) is 0 Å². The molecule has 0 bridgehead atoms. The second-order valence-electron chi connectivity index (χ2n) is 2.66. The molecule has 0 saturated carbocycles. The first-order chi connectivity index (χ1) is 6.18. The van der Waals surface area contributed by atoms with E-state index in [0.717, 1.165) is 0 Å². The van der Waals surface area contributed by atoms with Crippen molar-refractivity contribution in [3.63, 3.8) is 0 Å². The number of hydrogen-bond donors (Lipinski definition) is 1. The summed E-state index contributed by atoms with van der Waals surface area (Å²) >= 11 is 0. The number of nitrogen functional groups attached to an aromatic ring is 1. The van der Waals surface area contributed by atoms with Gasteiger partial charge >= 0.3 is 0 Å². The monoisotopic (exact) mass is 183 g/mol. The summed E-state index contributed by atoms with van der Waals surface area (Å²) in [6, 6.07) is 4.40. The summed E-state index contributed by atoms with van der Waals surface area (Å²) in [5, 5.41) is 0. The van der Waals surface area contributed by atoms with Crippen LogP contribution in [0.15, 0.2) is 24.4 Å². The van der Waals surface area contributed by atoms with Gasteiger partial charge in [0.2, 0.25) is 0 Å². The quantitative estimate of drug-likeness (QED) is 0.683. The highest BCUT2D eigenvalue weighted by Gasteiger charge is 2.09. The van der Waals surface area contributed by atoms with Crippen molar-refractivity contribution in [1.29, 1.82) is 0 Å². The van der Waals surface area contributed by atoms with Gasteiger partial charge in [0.15, 0.2) is 0 Å². The number of alkyl halides is 2. The van der Waals surface area contributed by atoms with Crippen molar-refractivity contribution >= 4 is 11.0 Å². The van der Waals surface area contributed by atoms with Crippen molar-refractivity contribution in [2.45, 2.75) is 6.43 Å². The van der Waals surface area contributed by atoms with Crippen molar-refractivity contribution in [3.8, 4) is 0 Å². The number of rotatable bonds is 1. The Morgan fingerprint density at radius 2 is 2.08 bits per heavy atom. The van der Waals surface area contributed by atoms with Crippen LogP contribution in [0.2, 0.25) is 0 Å². The molecule has 0 aliphatic carbocycles. The molecule has 13 heavy (non-hydrogen) atoms. The third-order valence-electron chi connectivity index (χ3n) is 1.82. The fourth-order valence-electron chi connectivity index (χ4n) is 1.18. The van der Waals surface area contributed by atoms with E-state index < -0.39 is 6.43 Å². The minimum Gasteiger partial charge on any atom is -0.339 e. The lowest BCUT2D eigenvalue weighted by Crippen LogP contribution is -2.05. The van der Waals surface area contributed by atoms with E-state index >= 15 is 0 Å². The number of halogens is 2. The van der Waals surface area contributed by atoms with Gasteiger partial charge in [-0.15, -0.1) is 0 Å². The highest BCUT2D eigenvalue weighted by Crippen LogP contribution is 2.19. The predicted molar refractivity (Wildman–Crippen MR) is 44.8 cm³/mol. The van der Waals surface area contributed by atoms with Gasteiger partial charge in [0.1, 0.15) is 5.69 Å². The van der Waals surface area contributed by atoms with Crippen molar-refractivity contribution in [3.05, 3.63) is 30.1 Å². The highest BCUT2D eigenvalue weighted by molar-refractivity contribution is 5.75. The molecular weight excluding hydrogens is 176 g/mol. The maximum Gasteiger partial charge on any atom is 0.280 e. The number of fused-ring (bicyclic) bond motifs is 1. The average Bonchev–Trinajstić information content (AvgIpc) is 2.47. The molecular formula is C8H7F2N3. The molecule has 2 heterocycles. The van der Waals surface area contributed by atoms with E-state index in [0.29, 0.717) is 11.0 Å². The third-order valence-corrected chi connectivity index (χ3v) is 1.82. The molecule has 0 aromatic carbocycles. The van der Waals surface area contributed by atoms with Gasteiger partial charge < -0.3 is 5.84 Å². The Bertz CT molecular complexity index is 436. The summed E-state index contributed by atoms with van der Waals surface area (Å²) in [6.45, 7) is 0. The van der Waals surface area contributed by atoms with Crippen LogP contribution in [-0.2, 0) is 0 Å². The molecule has 3 nitrogen and oxygen atoms in total. The molecule has 2 aromatic rings. The van der Waals surface area contributed by atoms with Crippen LogP contribution in [0.25, 0.3) is 11.0 Å². The van der Waals surface area contributed by atoms with Crippen LogP contribution in [0.5, 0.6) is 0 Å². The zero-order chi connectivity index (χ0) is 9.42. The summed E-state index contributed by atoms with van der Waals surface area (Å²) in [5.41, 5.74) is 0.906. The van der Waals surface area contributed by atoms with Gasteiger partial charge in [-0.3, -0.25) is 4.68 Å². The molecule has 5 heteroatoms. The first-order valence-electron chi connectivity index (χ1n) is 3.70. The Morgan fingerprint density at radius 1 is 1.31 bits per heavy atom. The van der Waals surface area contributed by atoms with Crippen LogP contribution < -0.4 is 5.84 Å². The largest absolute Gasteiger partial charge is 0.339 e. The summed E-state index contributed by atoms with van der Waals surface area (Å²) in [5.74, 6) is 5.49. The minimum atomic E-state index is -2.54. The molecule has 0 spiro atoms. The fraction of sp³-hybridized carbons (Fsp3) is 0.125. The van der Waals surface area contributed by atoms with Gasteiger partial charge in [-0.2, -0.15) is 0 Å². The lowest BCUT2D eigenvalue weighted by atomic mass is 10.3. The molecule has 0 amide bonds. The van der Waals surface area contributed by atoms with E-state index in [9.17, 15) is 8.78 Å². The van der Waals surface area contributed by atoms with E-state index in [1.807, 2.05) is 0 Å². The summed E-state index contributed by atoms with van der Waals surface area (Å²) in [7, 11) is 0. The molecule has 68 valence electrons.